The molecule has 3 amide bonds. The number of esters is 1. The number of allylic oxidation sites excluding steroid dienone is 1. The molecule has 3 aliphatic rings. The number of carbonyl (C=O) groups is 4. The van der Waals surface area contributed by atoms with Crippen LogP contribution in [0, 0.1) is 11.8 Å². The first-order valence-corrected chi connectivity index (χ1v) is 17.8. The maximum absolute atomic E-state index is 14.6. The van der Waals surface area contributed by atoms with Gasteiger partial charge in [-0.1, -0.05) is 70.0 Å². The predicted octanol–water partition coefficient (Wildman–Crippen LogP) is 5.09. The topological polar surface area (TPSA) is 117 Å². The van der Waals surface area contributed by atoms with Crippen LogP contribution in [0.5, 0.6) is 0 Å². The van der Waals surface area contributed by atoms with Crippen LogP contribution in [0.25, 0.3) is 0 Å². The lowest BCUT2D eigenvalue weighted by molar-refractivity contribution is -0.164. The second-order valence-corrected chi connectivity index (χ2v) is 14.4. The molecule has 0 saturated carbocycles. The molecule has 5 rings (SSSR count). The average Bonchev–Trinajstić information content (AvgIpc) is 3.70. The number of halogens is 2. The Morgan fingerprint density at radius 2 is 1.86 bits per heavy atom. The van der Waals surface area contributed by atoms with Gasteiger partial charge in [0.2, 0.25) is 11.8 Å². The van der Waals surface area contributed by atoms with Crippen molar-refractivity contribution in [3.63, 3.8) is 0 Å². The molecule has 1 N–H and O–H groups in total. The normalized spacial score (nSPS) is 26.5. The van der Waals surface area contributed by atoms with Crippen LogP contribution in [0.2, 0.25) is 5.02 Å². The maximum Gasteiger partial charge on any atom is 0.313 e. The molecule has 1 unspecified atom stereocenters. The Balaban J connectivity index is 1.50. The number of hydrogen-bond acceptors (Lipinski definition) is 7. The van der Waals surface area contributed by atoms with Crippen LogP contribution in [0.3, 0.4) is 0 Å². The molecular formula is C37H43BrClN3O7. The number of nitrogens with zero attached hydrogens (tertiary/aromatic N) is 3. The van der Waals surface area contributed by atoms with Crippen molar-refractivity contribution in [3.8, 4) is 0 Å². The first-order valence-electron chi connectivity index (χ1n) is 16.5. The molecule has 2 aromatic rings. The molecule has 10 nitrogen and oxygen atoms in total. The summed E-state index contributed by atoms with van der Waals surface area (Å²) in [7, 11) is 1.68. The van der Waals surface area contributed by atoms with Crippen LogP contribution < -0.4 is 4.90 Å². The number of aliphatic hydroxyl groups excluding tert-OH is 1. The third kappa shape index (κ3) is 6.95. The molecule has 3 heterocycles. The molecular weight excluding hydrogens is 714 g/mol. The van der Waals surface area contributed by atoms with E-state index in [4.69, 9.17) is 21.1 Å². The number of hydrogen-bond donors (Lipinski definition) is 1. The Morgan fingerprint density at radius 3 is 2.49 bits per heavy atom. The molecule has 1 spiro atoms. The number of rotatable bonds is 15. The van der Waals surface area contributed by atoms with E-state index in [2.05, 4.69) is 29.1 Å². The van der Waals surface area contributed by atoms with E-state index in [9.17, 15) is 24.3 Å². The number of alkyl halides is 1. The molecule has 0 aromatic heterocycles. The Labute approximate surface area is 300 Å². The van der Waals surface area contributed by atoms with Crippen molar-refractivity contribution in [2.24, 2.45) is 11.8 Å². The number of amides is 3. The van der Waals surface area contributed by atoms with Gasteiger partial charge in [-0.3, -0.25) is 19.2 Å². The summed E-state index contributed by atoms with van der Waals surface area (Å²) in [6, 6.07) is 14.4. The van der Waals surface area contributed by atoms with Crippen molar-refractivity contribution in [1.82, 2.24) is 9.80 Å². The van der Waals surface area contributed by atoms with Gasteiger partial charge in [-0.2, -0.15) is 0 Å². The minimum atomic E-state index is -1.33. The van der Waals surface area contributed by atoms with Gasteiger partial charge in [0, 0.05) is 48.7 Å². The molecule has 2 aromatic carbocycles. The van der Waals surface area contributed by atoms with Gasteiger partial charge in [0.25, 0.3) is 5.91 Å². The Hall–Kier alpha value is -3.51. The fourth-order valence-corrected chi connectivity index (χ4v) is 8.57. The number of anilines is 1. The molecule has 3 saturated heterocycles. The fourth-order valence-electron chi connectivity index (χ4n) is 7.50. The fraction of sp³-hybridized carbons (Fsp3) is 0.459. The molecule has 49 heavy (non-hydrogen) atoms. The lowest BCUT2D eigenvalue weighted by Crippen LogP contribution is -2.57. The van der Waals surface area contributed by atoms with E-state index in [1.54, 1.807) is 48.4 Å². The van der Waals surface area contributed by atoms with Crippen LogP contribution in [0.1, 0.15) is 44.3 Å². The smallest absolute Gasteiger partial charge is 0.313 e. The van der Waals surface area contributed by atoms with Crippen LogP contribution in [-0.4, -0.2) is 94.0 Å². The van der Waals surface area contributed by atoms with Gasteiger partial charge in [0.1, 0.15) is 17.7 Å². The second-order valence-electron chi connectivity index (χ2n) is 12.8. The lowest BCUT2D eigenvalue weighted by atomic mass is 9.70. The Kier molecular flexibility index (Phi) is 11.7. The van der Waals surface area contributed by atoms with Crippen molar-refractivity contribution in [1.29, 1.82) is 0 Å². The van der Waals surface area contributed by atoms with Crippen molar-refractivity contribution in [3.05, 3.63) is 90.5 Å². The number of likely N-dealkylation sites (N-methyl/N-ethyl adjacent to an activating group) is 1. The van der Waals surface area contributed by atoms with E-state index < -0.39 is 53.6 Å². The molecule has 3 aliphatic heterocycles. The lowest BCUT2D eigenvalue weighted by Gasteiger charge is -2.37. The zero-order chi connectivity index (χ0) is 35.5. The van der Waals surface area contributed by atoms with E-state index in [0.29, 0.717) is 29.1 Å². The summed E-state index contributed by atoms with van der Waals surface area (Å²) in [6.45, 7) is 9.42. The van der Waals surface area contributed by atoms with Gasteiger partial charge >= 0.3 is 5.97 Å². The molecule has 0 aliphatic carbocycles. The summed E-state index contributed by atoms with van der Waals surface area (Å²) in [4.78, 5) is 60.7. The predicted molar refractivity (Wildman–Crippen MR) is 190 cm³/mol. The second kappa shape index (κ2) is 15.6. The van der Waals surface area contributed by atoms with Gasteiger partial charge in [-0.25, -0.2) is 0 Å². The van der Waals surface area contributed by atoms with Crippen molar-refractivity contribution < 1.29 is 33.8 Å². The molecule has 8 atom stereocenters. The van der Waals surface area contributed by atoms with Crippen molar-refractivity contribution in [2.75, 3.05) is 31.6 Å². The number of likely N-dealkylation sites (tertiary alicyclic amines) is 1. The third-order valence-electron chi connectivity index (χ3n) is 9.94. The summed E-state index contributed by atoms with van der Waals surface area (Å²) >= 11 is 9.85. The minimum absolute atomic E-state index is 0.0938. The zero-order valence-corrected chi connectivity index (χ0v) is 30.1. The van der Waals surface area contributed by atoms with Gasteiger partial charge in [0.15, 0.2) is 0 Å². The summed E-state index contributed by atoms with van der Waals surface area (Å²) in [5, 5.41) is 10.2. The number of benzene rings is 2. The summed E-state index contributed by atoms with van der Waals surface area (Å²) in [5.41, 5.74) is -0.0723. The number of aliphatic hydroxyl groups is 1. The Morgan fingerprint density at radius 1 is 1.16 bits per heavy atom. The molecule has 12 heteroatoms. The highest BCUT2D eigenvalue weighted by molar-refractivity contribution is 9.09. The van der Waals surface area contributed by atoms with E-state index in [1.165, 1.54) is 9.80 Å². The molecule has 262 valence electrons. The first kappa shape index (κ1) is 36.8. The van der Waals surface area contributed by atoms with Crippen molar-refractivity contribution >= 4 is 56.9 Å². The number of carbonyl (C=O) groups excluding carboxylic acids is 4. The van der Waals surface area contributed by atoms with Crippen molar-refractivity contribution in [2.45, 2.75) is 67.3 Å². The van der Waals surface area contributed by atoms with Gasteiger partial charge in [-0.15, -0.1) is 13.2 Å². The SMILES string of the molecule is C=CCCC(=O)N(C)[C@H](C)[C@H](OC(=O)[C@@H]1[C@H]2O[C@@]3(CC2Br)[C@H](C(=O)N(CC=C)c2ccc(Cl)cc2)N(CCCO)C(=O)[C@@H]13)c1ccccc1. The van der Waals surface area contributed by atoms with Gasteiger partial charge in [-0.05, 0) is 56.0 Å². The van der Waals surface area contributed by atoms with E-state index >= 15 is 0 Å². The minimum Gasteiger partial charge on any atom is -0.455 e. The third-order valence-corrected chi connectivity index (χ3v) is 11.0. The molecule has 2 bridgehead atoms. The van der Waals surface area contributed by atoms with Crippen LogP contribution in [0.4, 0.5) is 5.69 Å². The first-order chi connectivity index (χ1) is 23.5. The van der Waals surface area contributed by atoms with Crippen LogP contribution >= 0.6 is 27.5 Å². The largest absolute Gasteiger partial charge is 0.455 e. The Bertz CT molecular complexity index is 1560. The van der Waals surface area contributed by atoms with Crippen LogP contribution in [0.15, 0.2) is 79.9 Å². The van der Waals surface area contributed by atoms with E-state index in [-0.39, 0.29) is 49.2 Å². The number of fused-ring (bicyclic) bond motifs is 1. The van der Waals surface area contributed by atoms with Crippen LogP contribution in [-0.2, 0) is 28.7 Å². The quantitative estimate of drug-likeness (QED) is 0.153. The summed E-state index contributed by atoms with van der Waals surface area (Å²) in [6.07, 6.45) is 3.02. The summed E-state index contributed by atoms with van der Waals surface area (Å²) in [5.74, 6) is -3.57. The average molecular weight is 757 g/mol. The maximum atomic E-state index is 14.6. The van der Waals surface area contributed by atoms with E-state index in [0.717, 1.165) is 0 Å². The highest BCUT2D eigenvalue weighted by Gasteiger charge is 2.77. The zero-order valence-electron chi connectivity index (χ0n) is 27.8. The number of ether oxygens (including phenoxy) is 2. The summed E-state index contributed by atoms with van der Waals surface area (Å²) < 4.78 is 13.0. The van der Waals surface area contributed by atoms with Gasteiger partial charge < -0.3 is 29.3 Å². The monoisotopic (exact) mass is 755 g/mol. The highest BCUT2D eigenvalue weighted by atomic mass is 79.9. The molecule has 0 radical (unpaired) electrons. The molecule has 3 fully saturated rings. The van der Waals surface area contributed by atoms with E-state index in [1.807, 2.05) is 37.3 Å². The standard InChI is InChI=1S/C37H43BrClN3O7/c1-5-7-14-28(44)40(4)23(3)31(24-12-9-8-10-13-24)48-36(47)29-30-34(45)42(20-11-21-43)33(37(30)22-27(38)32(29)49-37)35(46)41(19-6-2)26-17-15-25(39)16-18-26/h5-6,8-10,12-13,15-18,23,27,29-33,43H,1-2,7,11,14,19-22H2,3-4H3/t23-,27?,29+,30-,31+,32+,33+,37-/m1/s1. The highest BCUT2D eigenvalue weighted by Crippen LogP contribution is 2.60. The van der Waals surface area contributed by atoms with Gasteiger partial charge in [0.05, 0.1) is 24.0 Å².